The van der Waals surface area contributed by atoms with Crippen LogP contribution in [0.25, 0.3) is 0 Å². The van der Waals surface area contributed by atoms with E-state index in [1.165, 1.54) is 10.4 Å². The molecule has 21 heavy (non-hydrogen) atoms. The van der Waals surface area contributed by atoms with Gasteiger partial charge in [-0.05, 0) is 36.3 Å². The Morgan fingerprint density at radius 3 is 2.95 bits per heavy atom. The summed E-state index contributed by atoms with van der Waals surface area (Å²) in [6, 6.07) is 2.04. The normalized spacial score (nSPS) is 27.7. The number of nitrogens with one attached hydrogen (secondary N) is 1. The maximum atomic E-state index is 12.0. The largest absolute Gasteiger partial charge is 0.350 e. The van der Waals surface area contributed by atoms with E-state index in [1.54, 1.807) is 11.3 Å². The molecule has 1 N–H and O–H groups in total. The van der Waals surface area contributed by atoms with Gasteiger partial charge in [-0.2, -0.15) is 0 Å². The van der Waals surface area contributed by atoms with Crippen molar-refractivity contribution in [2.75, 3.05) is 25.4 Å². The summed E-state index contributed by atoms with van der Waals surface area (Å²) in [4.78, 5) is 15.1. The molecule has 0 aliphatic carbocycles. The molecular weight excluding hydrogens is 308 g/mol. The Balaban J connectivity index is 1.49. The highest BCUT2D eigenvalue weighted by Gasteiger charge is 2.46. The van der Waals surface area contributed by atoms with Gasteiger partial charge in [-0.3, -0.25) is 9.69 Å². The number of rotatable bonds is 4. The number of aryl methyl sites for hydroxylation is 1. The number of hydrogen-bond donors (Lipinski definition) is 1. The third-order valence-electron chi connectivity index (χ3n) is 4.47. The Kier molecular flexibility index (Phi) is 4.07. The summed E-state index contributed by atoms with van der Waals surface area (Å²) in [5.74, 6) is 0.516. The minimum absolute atomic E-state index is 0.0276. The molecule has 0 saturated carbocycles. The predicted molar refractivity (Wildman–Crippen MR) is 83.0 cm³/mol. The number of carbonyl (C=O) groups is 1. The van der Waals surface area contributed by atoms with Crippen molar-refractivity contribution < 1.29 is 13.2 Å². The van der Waals surface area contributed by atoms with Crippen LogP contribution in [-0.4, -0.2) is 49.9 Å². The van der Waals surface area contributed by atoms with Crippen molar-refractivity contribution in [3.8, 4) is 0 Å². The van der Waals surface area contributed by atoms with Crippen molar-refractivity contribution in [1.82, 2.24) is 10.2 Å². The molecule has 1 aromatic rings. The zero-order valence-corrected chi connectivity index (χ0v) is 13.7. The summed E-state index contributed by atoms with van der Waals surface area (Å²) in [6.07, 6.45) is 0.750. The van der Waals surface area contributed by atoms with Crippen LogP contribution < -0.4 is 5.32 Å². The topological polar surface area (TPSA) is 66.5 Å². The van der Waals surface area contributed by atoms with E-state index in [2.05, 4.69) is 5.32 Å². The maximum Gasteiger partial charge on any atom is 0.234 e. The van der Waals surface area contributed by atoms with E-state index in [-0.39, 0.29) is 17.1 Å². The van der Waals surface area contributed by atoms with Gasteiger partial charge in [0.25, 0.3) is 0 Å². The summed E-state index contributed by atoms with van der Waals surface area (Å²) in [7, 11) is -2.92. The van der Waals surface area contributed by atoms with Crippen LogP contribution in [0.5, 0.6) is 0 Å². The SMILES string of the molecule is Cc1ccsc1CNC(=O)CN1C[C@@H]2CCS(=O)(=O)[C@@H]2C1. The van der Waals surface area contributed by atoms with Gasteiger partial charge >= 0.3 is 0 Å². The van der Waals surface area contributed by atoms with Crippen LogP contribution in [0.2, 0.25) is 0 Å². The molecule has 0 spiro atoms. The zero-order valence-electron chi connectivity index (χ0n) is 12.0. The highest BCUT2D eigenvalue weighted by atomic mass is 32.2. The number of thiophene rings is 1. The molecule has 2 aliphatic rings. The molecule has 1 aromatic heterocycles. The number of carbonyl (C=O) groups excluding carboxylic acids is 1. The fourth-order valence-electron chi connectivity index (χ4n) is 3.23. The van der Waals surface area contributed by atoms with Crippen LogP contribution in [0.3, 0.4) is 0 Å². The van der Waals surface area contributed by atoms with Gasteiger partial charge in [0.2, 0.25) is 5.91 Å². The van der Waals surface area contributed by atoms with Crippen LogP contribution >= 0.6 is 11.3 Å². The molecule has 1 amide bonds. The second-order valence-corrected chi connectivity index (χ2v) is 9.29. The summed E-state index contributed by atoms with van der Waals surface area (Å²) < 4.78 is 23.7. The number of sulfone groups is 1. The van der Waals surface area contributed by atoms with Crippen molar-refractivity contribution in [3.05, 3.63) is 21.9 Å². The number of amides is 1. The van der Waals surface area contributed by atoms with Crippen LogP contribution in [-0.2, 0) is 21.2 Å². The average Bonchev–Trinajstić information content (AvgIpc) is 3.06. The fraction of sp³-hybridized carbons (Fsp3) is 0.643. The van der Waals surface area contributed by atoms with Gasteiger partial charge in [0.15, 0.2) is 9.84 Å². The van der Waals surface area contributed by atoms with Crippen molar-refractivity contribution >= 4 is 27.1 Å². The molecular formula is C14H20N2O3S2. The summed E-state index contributed by atoms with van der Waals surface area (Å²) in [6.45, 7) is 4.13. The molecule has 7 heteroatoms. The lowest BCUT2D eigenvalue weighted by atomic mass is 10.1. The van der Waals surface area contributed by atoms with Crippen LogP contribution in [0.4, 0.5) is 0 Å². The van der Waals surface area contributed by atoms with Gasteiger partial charge in [0.05, 0.1) is 24.1 Å². The van der Waals surface area contributed by atoms with Gasteiger partial charge in [-0.25, -0.2) is 8.42 Å². The molecule has 2 aliphatic heterocycles. The Labute approximate surface area is 129 Å². The lowest BCUT2D eigenvalue weighted by molar-refractivity contribution is -0.122. The first-order valence-electron chi connectivity index (χ1n) is 7.19. The molecule has 3 heterocycles. The lowest BCUT2D eigenvalue weighted by Gasteiger charge is -2.16. The monoisotopic (exact) mass is 328 g/mol. The highest BCUT2D eigenvalue weighted by Crippen LogP contribution is 2.33. The van der Waals surface area contributed by atoms with Crippen molar-refractivity contribution in [1.29, 1.82) is 0 Å². The minimum atomic E-state index is -2.92. The summed E-state index contributed by atoms with van der Waals surface area (Å²) >= 11 is 1.64. The Hall–Kier alpha value is -0.920. The van der Waals surface area contributed by atoms with E-state index in [1.807, 2.05) is 23.3 Å². The summed E-state index contributed by atoms with van der Waals surface area (Å²) in [5, 5.41) is 4.69. The maximum absolute atomic E-state index is 12.0. The molecule has 3 rings (SSSR count). The van der Waals surface area contributed by atoms with Crippen molar-refractivity contribution in [2.24, 2.45) is 5.92 Å². The molecule has 2 saturated heterocycles. The van der Waals surface area contributed by atoms with E-state index in [9.17, 15) is 13.2 Å². The second-order valence-electron chi connectivity index (χ2n) is 5.95. The van der Waals surface area contributed by atoms with E-state index in [0.717, 1.165) is 13.0 Å². The van der Waals surface area contributed by atoms with Crippen LogP contribution in [0.15, 0.2) is 11.4 Å². The first-order valence-corrected chi connectivity index (χ1v) is 9.79. The Morgan fingerprint density at radius 2 is 2.29 bits per heavy atom. The first-order chi connectivity index (χ1) is 9.95. The van der Waals surface area contributed by atoms with Crippen molar-refractivity contribution in [3.63, 3.8) is 0 Å². The highest BCUT2D eigenvalue weighted by molar-refractivity contribution is 7.92. The van der Waals surface area contributed by atoms with Gasteiger partial charge in [-0.1, -0.05) is 0 Å². The molecule has 2 atom stereocenters. The smallest absolute Gasteiger partial charge is 0.234 e. The Morgan fingerprint density at radius 1 is 1.48 bits per heavy atom. The molecule has 0 radical (unpaired) electrons. The van der Waals surface area contributed by atoms with Crippen molar-refractivity contribution in [2.45, 2.75) is 25.1 Å². The van der Waals surface area contributed by atoms with Crippen LogP contribution in [0.1, 0.15) is 16.9 Å². The van der Waals surface area contributed by atoms with E-state index >= 15 is 0 Å². The Bertz CT molecular complexity index is 638. The fourth-order valence-corrected chi connectivity index (χ4v) is 6.26. The number of nitrogens with zero attached hydrogens (tertiary/aromatic N) is 1. The third kappa shape index (κ3) is 3.14. The minimum Gasteiger partial charge on any atom is -0.350 e. The lowest BCUT2D eigenvalue weighted by Crippen LogP contribution is -2.37. The van der Waals surface area contributed by atoms with E-state index in [4.69, 9.17) is 0 Å². The van der Waals surface area contributed by atoms with Gasteiger partial charge in [0, 0.05) is 18.0 Å². The van der Waals surface area contributed by atoms with E-state index in [0.29, 0.717) is 25.4 Å². The van der Waals surface area contributed by atoms with E-state index < -0.39 is 9.84 Å². The summed E-state index contributed by atoms with van der Waals surface area (Å²) in [5.41, 5.74) is 1.20. The number of likely N-dealkylation sites (tertiary alicyclic amines) is 1. The average molecular weight is 328 g/mol. The van der Waals surface area contributed by atoms with Gasteiger partial charge in [-0.15, -0.1) is 11.3 Å². The molecule has 5 nitrogen and oxygen atoms in total. The van der Waals surface area contributed by atoms with Crippen LogP contribution in [0, 0.1) is 12.8 Å². The molecule has 2 fully saturated rings. The molecule has 0 unspecified atom stereocenters. The second kappa shape index (κ2) is 5.70. The number of hydrogen-bond acceptors (Lipinski definition) is 5. The number of fused-ring (bicyclic) bond motifs is 1. The van der Waals surface area contributed by atoms with Gasteiger partial charge < -0.3 is 5.32 Å². The predicted octanol–water partition coefficient (Wildman–Crippen LogP) is 0.792. The first kappa shape index (κ1) is 15.0. The third-order valence-corrected chi connectivity index (χ3v) is 7.76. The quantitative estimate of drug-likeness (QED) is 0.887. The molecule has 0 aromatic carbocycles. The molecule has 0 bridgehead atoms. The zero-order chi connectivity index (χ0) is 15.0. The molecule has 116 valence electrons. The van der Waals surface area contributed by atoms with Gasteiger partial charge in [0.1, 0.15) is 0 Å². The standard InChI is InChI=1S/C14H20N2O3S2/c1-10-2-4-20-12(10)6-15-14(17)9-16-7-11-3-5-21(18,19)13(11)8-16/h2,4,11,13H,3,5-9H2,1H3,(H,15,17)/t11-,13+/m0/s1.